The van der Waals surface area contributed by atoms with Crippen molar-refractivity contribution >= 4 is 46.7 Å². The third kappa shape index (κ3) is 5.04. The van der Waals surface area contributed by atoms with E-state index in [1.807, 2.05) is 18.2 Å². The van der Waals surface area contributed by atoms with Crippen molar-refractivity contribution in [2.45, 2.75) is 20.3 Å². The van der Waals surface area contributed by atoms with Crippen LogP contribution in [0.5, 0.6) is 0 Å². The lowest BCUT2D eigenvalue weighted by molar-refractivity contribution is 1.11. The highest BCUT2D eigenvalue weighted by atomic mass is 32.2. The van der Waals surface area contributed by atoms with E-state index in [-0.39, 0.29) is 0 Å². The maximum absolute atomic E-state index is 5.51. The molecule has 0 bridgehead atoms. The molecule has 1 nitrogen and oxygen atoms in total. The fourth-order valence-electron chi connectivity index (χ4n) is 1.44. The summed E-state index contributed by atoms with van der Waals surface area (Å²) in [6.07, 6.45) is 0.749. The summed E-state index contributed by atoms with van der Waals surface area (Å²) in [6.45, 7) is 8.42. The molecule has 0 amide bonds. The predicted octanol–water partition coefficient (Wildman–Crippen LogP) is 5.06. The summed E-state index contributed by atoms with van der Waals surface area (Å²) in [4.78, 5) is 0.947. The fraction of sp³-hybridized carbons (Fsp3) is 0.357. The first kappa shape index (κ1) is 15.6. The largest absolute Gasteiger partial charge is 0.252 e. The number of nitrogens with zero attached hydrogens (tertiary/aromatic N) is 1. The molecule has 0 saturated carbocycles. The van der Waals surface area contributed by atoms with Crippen molar-refractivity contribution in [3.05, 3.63) is 42.5 Å². The maximum atomic E-state index is 5.51. The summed E-state index contributed by atoms with van der Waals surface area (Å²) in [5, 5.41) is 0. The minimum absolute atomic E-state index is 0.749. The molecule has 0 radical (unpaired) electrons. The topological polar surface area (TPSA) is 3.24 Å². The van der Waals surface area contributed by atoms with Gasteiger partial charge in [0, 0.05) is 17.9 Å². The van der Waals surface area contributed by atoms with Gasteiger partial charge in [-0.2, -0.15) is 0 Å². The lowest BCUT2D eigenvalue weighted by Gasteiger charge is -2.21. The molecule has 1 aromatic rings. The van der Waals surface area contributed by atoms with Gasteiger partial charge in [0.15, 0.2) is 0 Å². The van der Waals surface area contributed by atoms with Crippen molar-refractivity contribution < 1.29 is 0 Å². The second-order valence-corrected chi connectivity index (χ2v) is 6.74. The summed E-state index contributed by atoms with van der Waals surface area (Å²) in [7, 11) is 0. The lowest BCUT2D eigenvalue weighted by Crippen LogP contribution is -2.16. The molecule has 0 aliphatic rings. The van der Waals surface area contributed by atoms with Crippen molar-refractivity contribution in [2.75, 3.05) is 11.5 Å². The van der Waals surface area contributed by atoms with Crippen LogP contribution in [0.2, 0.25) is 0 Å². The Kier molecular flexibility index (Phi) is 7.47. The van der Waals surface area contributed by atoms with Crippen LogP contribution in [0.3, 0.4) is 0 Å². The van der Waals surface area contributed by atoms with E-state index in [1.165, 1.54) is 5.56 Å². The van der Waals surface area contributed by atoms with E-state index in [1.54, 1.807) is 23.9 Å². The molecule has 0 saturated heterocycles. The second kappa shape index (κ2) is 8.62. The van der Waals surface area contributed by atoms with Gasteiger partial charge in [-0.3, -0.25) is 3.71 Å². The molecule has 18 heavy (non-hydrogen) atoms. The van der Waals surface area contributed by atoms with E-state index >= 15 is 0 Å². The van der Waals surface area contributed by atoms with Crippen LogP contribution in [-0.2, 0) is 0 Å². The van der Waals surface area contributed by atoms with Gasteiger partial charge in [0.05, 0.1) is 0 Å². The highest BCUT2D eigenvalue weighted by Gasteiger charge is 2.11. The van der Waals surface area contributed by atoms with E-state index in [4.69, 9.17) is 12.2 Å². The van der Waals surface area contributed by atoms with Gasteiger partial charge in [0.25, 0.3) is 0 Å². The van der Waals surface area contributed by atoms with Crippen molar-refractivity contribution in [3.8, 4) is 0 Å². The Labute approximate surface area is 124 Å². The van der Waals surface area contributed by atoms with Crippen LogP contribution in [0.1, 0.15) is 25.8 Å². The van der Waals surface area contributed by atoms with Crippen LogP contribution < -0.4 is 0 Å². The van der Waals surface area contributed by atoms with Crippen LogP contribution >= 0.6 is 36.1 Å². The van der Waals surface area contributed by atoms with Crippen LogP contribution in [-0.4, -0.2) is 20.2 Å². The Hall–Kier alpha value is -0.450. The summed E-state index contributed by atoms with van der Waals surface area (Å²) >= 11 is 9.03. The van der Waals surface area contributed by atoms with E-state index in [2.05, 4.69) is 36.3 Å². The van der Waals surface area contributed by atoms with Crippen LogP contribution in [0, 0.1) is 0 Å². The van der Waals surface area contributed by atoms with E-state index in [0.29, 0.717) is 0 Å². The van der Waals surface area contributed by atoms with Crippen LogP contribution in [0.25, 0.3) is 5.57 Å². The fourth-order valence-corrected chi connectivity index (χ4v) is 3.75. The standard InChI is InChI=1S/C14H19NS3/c1-4-17-15(18-5-2)14(16)11-12(3)13-9-7-6-8-10-13/h6-10H,3-5,11H2,1-2H3. The van der Waals surface area contributed by atoms with E-state index in [9.17, 15) is 0 Å². The second-order valence-electron chi connectivity index (χ2n) is 3.63. The van der Waals surface area contributed by atoms with Gasteiger partial charge in [0.1, 0.15) is 4.99 Å². The first-order valence-electron chi connectivity index (χ1n) is 6.01. The number of thiocarbonyl (C=S) groups is 1. The minimum Gasteiger partial charge on any atom is -0.252 e. The first-order chi connectivity index (χ1) is 8.69. The molecule has 0 unspecified atom stereocenters. The number of hydrogen-bond donors (Lipinski definition) is 0. The van der Waals surface area contributed by atoms with Gasteiger partial charge in [-0.05, 0) is 35.0 Å². The monoisotopic (exact) mass is 297 g/mol. The van der Waals surface area contributed by atoms with Crippen molar-refractivity contribution in [3.63, 3.8) is 0 Å². The van der Waals surface area contributed by atoms with Gasteiger partial charge in [0.2, 0.25) is 0 Å². The van der Waals surface area contributed by atoms with Gasteiger partial charge in [-0.1, -0.05) is 63.0 Å². The number of hydrogen-bond acceptors (Lipinski definition) is 3. The molecule has 0 aromatic heterocycles. The van der Waals surface area contributed by atoms with Crippen molar-refractivity contribution in [1.82, 2.24) is 3.71 Å². The normalized spacial score (nSPS) is 10.1. The molecule has 1 aromatic carbocycles. The molecule has 0 aliphatic carbocycles. The first-order valence-corrected chi connectivity index (χ1v) is 8.30. The summed E-state index contributed by atoms with van der Waals surface area (Å²) in [6, 6.07) is 10.2. The smallest absolute Gasteiger partial charge is 0.104 e. The third-order valence-electron chi connectivity index (χ3n) is 2.24. The molecule has 0 N–H and O–H groups in total. The van der Waals surface area contributed by atoms with Crippen LogP contribution in [0.4, 0.5) is 0 Å². The van der Waals surface area contributed by atoms with E-state index in [0.717, 1.165) is 28.5 Å². The zero-order chi connectivity index (χ0) is 13.4. The zero-order valence-electron chi connectivity index (χ0n) is 10.9. The molecule has 98 valence electrons. The molecule has 0 aliphatic heterocycles. The molecule has 0 fully saturated rings. The average Bonchev–Trinajstić information content (AvgIpc) is 2.39. The molecule has 1 rings (SSSR count). The van der Waals surface area contributed by atoms with Crippen molar-refractivity contribution in [1.29, 1.82) is 0 Å². The number of rotatable bonds is 7. The minimum atomic E-state index is 0.749. The van der Waals surface area contributed by atoms with Crippen molar-refractivity contribution in [2.24, 2.45) is 0 Å². The maximum Gasteiger partial charge on any atom is 0.104 e. The van der Waals surface area contributed by atoms with Gasteiger partial charge >= 0.3 is 0 Å². The van der Waals surface area contributed by atoms with Gasteiger partial charge in [-0.15, -0.1) is 0 Å². The Balaban J connectivity index is 2.60. The summed E-state index contributed by atoms with van der Waals surface area (Å²) in [5.74, 6) is 2.07. The Bertz CT molecular complexity index is 383. The van der Waals surface area contributed by atoms with Crippen LogP contribution in [0.15, 0.2) is 36.9 Å². The summed E-state index contributed by atoms with van der Waals surface area (Å²) < 4.78 is 2.14. The summed E-state index contributed by atoms with van der Waals surface area (Å²) in [5.41, 5.74) is 2.25. The third-order valence-corrected chi connectivity index (χ3v) is 4.86. The lowest BCUT2D eigenvalue weighted by atomic mass is 10.1. The molecular weight excluding hydrogens is 278 g/mol. The molecule has 0 heterocycles. The Morgan fingerprint density at radius 3 is 2.22 bits per heavy atom. The quantitative estimate of drug-likeness (QED) is 0.511. The van der Waals surface area contributed by atoms with Gasteiger partial charge in [-0.25, -0.2) is 0 Å². The van der Waals surface area contributed by atoms with E-state index < -0.39 is 0 Å². The molecule has 4 heteroatoms. The SMILES string of the molecule is C=C(CC(=S)N(SCC)SCC)c1ccccc1. The molecule has 0 spiro atoms. The molecular formula is C14H19NS3. The van der Waals surface area contributed by atoms with Gasteiger partial charge < -0.3 is 0 Å². The average molecular weight is 298 g/mol. The Morgan fingerprint density at radius 2 is 1.72 bits per heavy atom. The predicted molar refractivity (Wildman–Crippen MR) is 90.8 cm³/mol. The molecule has 0 atom stereocenters. The highest BCUT2D eigenvalue weighted by molar-refractivity contribution is 8.13. The zero-order valence-corrected chi connectivity index (χ0v) is 13.3. The Morgan fingerprint density at radius 1 is 1.17 bits per heavy atom. The number of benzene rings is 1. The highest BCUT2D eigenvalue weighted by Crippen LogP contribution is 2.27.